The van der Waals surface area contributed by atoms with Crippen molar-refractivity contribution in [3.63, 3.8) is 0 Å². The van der Waals surface area contributed by atoms with Crippen LogP contribution >= 0.6 is 23.7 Å². The van der Waals surface area contributed by atoms with E-state index in [2.05, 4.69) is 34.7 Å². The zero-order valence-corrected chi connectivity index (χ0v) is 14.9. The molecule has 2 fully saturated rings. The van der Waals surface area contributed by atoms with E-state index in [4.69, 9.17) is 0 Å². The van der Waals surface area contributed by atoms with E-state index in [1.165, 1.54) is 11.3 Å². The third kappa shape index (κ3) is 3.44. The van der Waals surface area contributed by atoms with Gasteiger partial charge in [0.05, 0.1) is 0 Å². The summed E-state index contributed by atoms with van der Waals surface area (Å²) in [5.41, 5.74) is 0.276. The van der Waals surface area contributed by atoms with E-state index in [9.17, 15) is 4.79 Å². The van der Waals surface area contributed by atoms with Crippen molar-refractivity contribution in [2.75, 3.05) is 18.4 Å². The van der Waals surface area contributed by atoms with Crippen LogP contribution in [0.1, 0.15) is 56.9 Å². The molecule has 1 saturated carbocycles. The van der Waals surface area contributed by atoms with Gasteiger partial charge in [0.25, 0.3) is 0 Å². The quantitative estimate of drug-likeness (QED) is 0.860. The average molecular weight is 345 g/mol. The summed E-state index contributed by atoms with van der Waals surface area (Å²) in [6.07, 6.45) is 5.43. The van der Waals surface area contributed by atoms with Crippen LogP contribution in [0.3, 0.4) is 0 Å². The number of halogens is 1. The molecule has 1 atom stereocenters. The SMILES string of the molecule is CCC(CC)c1nnc(NC(=O)C2CC23CCNCC3)s1.Cl. The fourth-order valence-corrected chi connectivity index (χ4v) is 4.49. The number of rotatable bonds is 5. The number of carbonyl (C=O) groups excluding carboxylic acids is 1. The lowest BCUT2D eigenvalue weighted by Gasteiger charge is -2.22. The highest BCUT2D eigenvalue weighted by Crippen LogP contribution is 2.58. The highest BCUT2D eigenvalue weighted by Gasteiger charge is 2.57. The molecule has 2 N–H and O–H groups in total. The summed E-state index contributed by atoms with van der Waals surface area (Å²) in [4.78, 5) is 12.4. The minimum atomic E-state index is 0. The molecule has 3 rings (SSSR count). The highest BCUT2D eigenvalue weighted by molar-refractivity contribution is 7.15. The minimum absolute atomic E-state index is 0. The van der Waals surface area contributed by atoms with Gasteiger partial charge in [0.1, 0.15) is 5.01 Å². The Bertz CT molecular complexity index is 511. The molecule has 7 heteroatoms. The van der Waals surface area contributed by atoms with Crippen LogP contribution in [0.15, 0.2) is 0 Å². The fraction of sp³-hybridized carbons (Fsp3) is 0.800. The van der Waals surface area contributed by atoms with Gasteiger partial charge in [-0.25, -0.2) is 0 Å². The topological polar surface area (TPSA) is 66.9 Å². The molecule has 1 aromatic heterocycles. The number of anilines is 1. The van der Waals surface area contributed by atoms with E-state index in [1.807, 2.05) is 0 Å². The summed E-state index contributed by atoms with van der Waals surface area (Å²) >= 11 is 1.53. The highest BCUT2D eigenvalue weighted by atomic mass is 35.5. The molecule has 1 aromatic rings. The molecule has 1 amide bonds. The van der Waals surface area contributed by atoms with E-state index in [1.54, 1.807) is 0 Å². The van der Waals surface area contributed by atoms with Gasteiger partial charge in [0, 0.05) is 11.8 Å². The molecular formula is C15H25ClN4OS. The first-order chi connectivity index (χ1) is 10.2. The van der Waals surface area contributed by atoms with Gasteiger partial charge >= 0.3 is 0 Å². The molecule has 22 heavy (non-hydrogen) atoms. The Labute approximate surface area is 142 Å². The second-order valence-electron chi connectivity index (χ2n) is 6.32. The van der Waals surface area contributed by atoms with Crippen molar-refractivity contribution in [3.05, 3.63) is 5.01 Å². The normalized spacial score (nSPS) is 22.4. The molecule has 0 radical (unpaired) electrons. The second-order valence-corrected chi connectivity index (χ2v) is 7.33. The van der Waals surface area contributed by atoms with E-state index in [0.29, 0.717) is 11.0 Å². The second kappa shape index (κ2) is 7.23. The van der Waals surface area contributed by atoms with Crippen LogP contribution in [0.25, 0.3) is 0 Å². The fourth-order valence-electron chi connectivity index (χ4n) is 3.48. The first-order valence-corrected chi connectivity index (χ1v) is 8.85. The number of amides is 1. The Morgan fingerprint density at radius 2 is 2.05 bits per heavy atom. The van der Waals surface area contributed by atoms with E-state index < -0.39 is 0 Å². The zero-order valence-electron chi connectivity index (χ0n) is 13.2. The minimum Gasteiger partial charge on any atom is -0.317 e. The van der Waals surface area contributed by atoms with Gasteiger partial charge in [-0.1, -0.05) is 25.2 Å². The summed E-state index contributed by atoms with van der Waals surface area (Å²) < 4.78 is 0. The van der Waals surface area contributed by atoms with Gasteiger partial charge in [-0.05, 0) is 50.6 Å². The van der Waals surface area contributed by atoms with Crippen LogP contribution in [-0.2, 0) is 4.79 Å². The maximum atomic E-state index is 12.4. The number of hydrogen-bond acceptors (Lipinski definition) is 5. The Morgan fingerprint density at radius 1 is 1.36 bits per heavy atom. The molecule has 1 aliphatic heterocycles. The summed E-state index contributed by atoms with van der Waals surface area (Å²) in [5, 5.41) is 16.4. The average Bonchev–Trinajstić information content (AvgIpc) is 2.99. The Balaban J connectivity index is 0.00000176. The van der Waals surface area contributed by atoms with Crippen molar-refractivity contribution in [1.29, 1.82) is 0 Å². The predicted octanol–water partition coefficient (Wildman–Crippen LogP) is 3.19. The number of piperidine rings is 1. The third-order valence-corrected chi connectivity index (χ3v) is 6.11. The molecule has 5 nitrogen and oxygen atoms in total. The zero-order chi connectivity index (χ0) is 14.9. The standard InChI is InChI=1S/C15H24N4OS.ClH/c1-3-10(4-2)13-18-19-14(21-13)17-12(20)11-9-15(11)5-7-16-8-6-15;/h10-11,16H,3-9H2,1-2H3,(H,17,19,20);1H. The number of nitrogens with zero attached hydrogens (tertiary/aromatic N) is 2. The van der Waals surface area contributed by atoms with Crippen LogP contribution in [0.5, 0.6) is 0 Å². The predicted molar refractivity (Wildman–Crippen MR) is 91.8 cm³/mol. The summed E-state index contributed by atoms with van der Waals surface area (Å²) in [5.74, 6) is 0.786. The summed E-state index contributed by atoms with van der Waals surface area (Å²) in [6, 6.07) is 0. The van der Waals surface area contributed by atoms with Crippen molar-refractivity contribution >= 4 is 34.8 Å². The molecular weight excluding hydrogens is 320 g/mol. The molecule has 1 saturated heterocycles. The van der Waals surface area contributed by atoms with Crippen molar-refractivity contribution in [2.24, 2.45) is 11.3 Å². The Morgan fingerprint density at radius 3 is 2.68 bits per heavy atom. The number of aromatic nitrogens is 2. The number of carbonyl (C=O) groups is 1. The largest absolute Gasteiger partial charge is 0.317 e. The van der Waals surface area contributed by atoms with Gasteiger partial charge in [0.2, 0.25) is 11.0 Å². The van der Waals surface area contributed by atoms with Crippen LogP contribution < -0.4 is 10.6 Å². The van der Waals surface area contributed by atoms with Gasteiger partial charge in [-0.3, -0.25) is 4.79 Å². The molecule has 1 unspecified atom stereocenters. The van der Waals surface area contributed by atoms with Crippen molar-refractivity contribution in [3.8, 4) is 0 Å². The van der Waals surface area contributed by atoms with Gasteiger partial charge in [-0.15, -0.1) is 22.6 Å². The maximum Gasteiger partial charge on any atom is 0.229 e. The Kier molecular flexibility index (Phi) is 5.80. The van der Waals surface area contributed by atoms with Gasteiger partial charge < -0.3 is 10.6 Å². The lowest BCUT2D eigenvalue weighted by molar-refractivity contribution is -0.118. The number of hydrogen-bond donors (Lipinski definition) is 2. The van der Waals surface area contributed by atoms with Crippen LogP contribution in [0.2, 0.25) is 0 Å². The summed E-state index contributed by atoms with van der Waals surface area (Å²) in [7, 11) is 0. The molecule has 124 valence electrons. The van der Waals surface area contributed by atoms with Crippen LogP contribution in [-0.4, -0.2) is 29.2 Å². The van der Waals surface area contributed by atoms with E-state index in [0.717, 1.165) is 50.2 Å². The molecule has 1 aliphatic carbocycles. The van der Waals surface area contributed by atoms with Crippen molar-refractivity contribution < 1.29 is 4.79 Å². The van der Waals surface area contributed by atoms with Gasteiger partial charge in [-0.2, -0.15) is 0 Å². The first-order valence-electron chi connectivity index (χ1n) is 8.03. The molecule has 2 aliphatic rings. The smallest absolute Gasteiger partial charge is 0.229 e. The molecule has 0 bridgehead atoms. The lowest BCUT2D eigenvalue weighted by atomic mass is 9.92. The van der Waals surface area contributed by atoms with E-state index in [-0.39, 0.29) is 29.6 Å². The molecule has 1 spiro atoms. The van der Waals surface area contributed by atoms with Crippen LogP contribution in [0, 0.1) is 11.3 Å². The third-order valence-electron chi connectivity index (χ3n) is 5.11. The Hall–Kier alpha value is -0.720. The summed E-state index contributed by atoms with van der Waals surface area (Å²) in [6.45, 7) is 6.42. The maximum absolute atomic E-state index is 12.4. The van der Waals surface area contributed by atoms with Crippen molar-refractivity contribution in [1.82, 2.24) is 15.5 Å². The van der Waals surface area contributed by atoms with Crippen LogP contribution in [0.4, 0.5) is 5.13 Å². The molecule has 0 aromatic carbocycles. The van der Waals surface area contributed by atoms with Gasteiger partial charge in [0.15, 0.2) is 0 Å². The molecule has 2 heterocycles. The van der Waals surface area contributed by atoms with E-state index >= 15 is 0 Å². The lowest BCUT2D eigenvalue weighted by Crippen LogP contribution is -2.31. The monoisotopic (exact) mass is 344 g/mol. The number of nitrogens with one attached hydrogen (secondary N) is 2. The first kappa shape index (κ1) is 17.6. The van der Waals surface area contributed by atoms with Crippen molar-refractivity contribution in [2.45, 2.75) is 51.9 Å².